The van der Waals surface area contributed by atoms with Crippen LogP contribution in [0.25, 0.3) is 0 Å². The van der Waals surface area contributed by atoms with Crippen molar-refractivity contribution in [1.29, 1.82) is 0 Å². The van der Waals surface area contributed by atoms with Gasteiger partial charge in [0.25, 0.3) is 0 Å². The fourth-order valence-electron chi connectivity index (χ4n) is 2.92. The molecule has 2 rings (SSSR count). The highest BCUT2D eigenvalue weighted by Gasteiger charge is 2.26. The lowest BCUT2D eigenvalue weighted by Gasteiger charge is -2.30. The first kappa shape index (κ1) is 13.6. The minimum atomic E-state index is -0.775. The van der Waals surface area contributed by atoms with Crippen LogP contribution in [0.15, 0.2) is 24.3 Å². The molecule has 2 nitrogen and oxygen atoms in total. The van der Waals surface area contributed by atoms with Crippen LogP contribution in [-0.4, -0.2) is 17.7 Å². The Morgan fingerprint density at radius 1 is 1.22 bits per heavy atom. The van der Waals surface area contributed by atoms with Crippen LogP contribution in [0.3, 0.4) is 0 Å². The number of nitrogens with one attached hydrogen (secondary N) is 1. The third-order valence-corrected chi connectivity index (χ3v) is 4.07. The predicted molar refractivity (Wildman–Crippen MR) is 75.6 cm³/mol. The fraction of sp³-hybridized carbons (Fsp3) is 0.625. The number of aliphatic hydroxyl groups is 1. The summed E-state index contributed by atoms with van der Waals surface area (Å²) in [5, 5.41) is 14.2. The Bertz CT molecular complexity index is 380. The van der Waals surface area contributed by atoms with Crippen molar-refractivity contribution in [3.05, 3.63) is 35.4 Å². The number of hydrogen-bond acceptors (Lipinski definition) is 2. The summed E-state index contributed by atoms with van der Waals surface area (Å²) in [5.41, 5.74) is 1.42. The molecule has 1 atom stereocenters. The molecule has 0 heterocycles. The SMILES string of the molecule is Cc1ccccc1C(C)(O)CNC1CCCCC1. The monoisotopic (exact) mass is 247 g/mol. The zero-order valence-corrected chi connectivity index (χ0v) is 11.6. The van der Waals surface area contributed by atoms with E-state index in [1.807, 2.05) is 25.1 Å². The maximum absolute atomic E-state index is 10.6. The van der Waals surface area contributed by atoms with Crippen LogP contribution in [0.5, 0.6) is 0 Å². The largest absolute Gasteiger partial charge is 0.384 e. The van der Waals surface area contributed by atoms with E-state index in [2.05, 4.69) is 18.3 Å². The Hall–Kier alpha value is -0.860. The van der Waals surface area contributed by atoms with Gasteiger partial charge in [-0.2, -0.15) is 0 Å². The molecule has 1 aromatic carbocycles. The van der Waals surface area contributed by atoms with E-state index in [1.54, 1.807) is 0 Å². The number of benzene rings is 1. The zero-order valence-electron chi connectivity index (χ0n) is 11.6. The lowest BCUT2D eigenvalue weighted by Crippen LogP contribution is -2.41. The third-order valence-electron chi connectivity index (χ3n) is 4.07. The smallest absolute Gasteiger partial charge is 0.0994 e. The van der Waals surface area contributed by atoms with E-state index in [-0.39, 0.29) is 0 Å². The zero-order chi connectivity index (χ0) is 13.0. The summed E-state index contributed by atoms with van der Waals surface area (Å²) in [7, 11) is 0. The van der Waals surface area contributed by atoms with E-state index >= 15 is 0 Å². The number of rotatable bonds is 4. The van der Waals surface area contributed by atoms with E-state index in [9.17, 15) is 5.11 Å². The van der Waals surface area contributed by atoms with Gasteiger partial charge in [-0.1, -0.05) is 43.5 Å². The molecule has 2 N–H and O–H groups in total. The summed E-state index contributed by atoms with van der Waals surface area (Å²) < 4.78 is 0. The van der Waals surface area contributed by atoms with Crippen molar-refractivity contribution in [2.75, 3.05) is 6.54 Å². The minimum Gasteiger partial charge on any atom is -0.384 e. The molecular weight excluding hydrogens is 222 g/mol. The van der Waals surface area contributed by atoms with Crippen molar-refractivity contribution < 1.29 is 5.11 Å². The van der Waals surface area contributed by atoms with E-state index < -0.39 is 5.60 Å². The van der Waals surface area contributed by atoms with Crippen molar-refractivity contribution in [2.24, 2.45) is 0 Å². The predicted octanol–water partition coefficient (Wildman–Crippen LogP) is 3.12. The summed E-state index contributed by atoms with van der Waals surface area (Å²) in [6.07, 6.45) is 6.52. The minimum absolute atomic E-state index is 0.592. The maximum atomic E-state index is 10.6. The summed E-state index contributed by atoms with van der Waals surface area (Å²) in [5.74, 6) is 0. The molecule has 1 saturated carbocycles. The van der Waals surface area contributed by atoms with Crippen LogP contribution in [0.4, 0.5) is 0 Å². The molecule has 100 valence electrons. The summed E-state index contributed by atoms with van der Waals surface area (Å²) in [4.78, 5) is 0. The second-order valence-electron chi connectivity index (χ2n) is 5.80. The van der Waals surface area contributed by atoms with Crippen molar-refractivity contribution >= 4 is 0 Å². The second kappa shape index (κ2) is 5.85. The molecule has 2 heteroatoms. The van der Waals surface area contributed by atoms with Crippen LogP contribution in [0, 0.1) is 6.92 Å². The number of aryl methyl sites for hydroxylation is 1. The van der Waals surface area contributed by atoms with E-state index in [1.165, 1.54) is 32.1 Å². The average Bonchev–Trinajstić information content (AvgIpc) is 2.38. The van der Waals surface area contributed by atoms with Gasteiger partial charge in [0.15, 0.2) is 0 Å². The van der Waals surface area contributed by atoms with Crippen molar-refractivity contribution in [1.82, 2.24) is 5.32 Å². The fourth-order valence-corrected chi connectivity index (χ4v) is 2.92. The van der Waals surface area contributed by atoms with Crippen molar-refractivity contribution in [2.45, 2.75) is 57.6 Å². The molecule has 0 aliphatic heterocycles. The molecule has 0 amide bonds. The summed E-state index contributed by atoms with van der Waals surface area (Å²) >= 11 is 0. The van der Waals surface area contributed by atoms with Gasteiger partial charge in [0.05, 0.1) is 5.60 Å². The Balaban J connectivity index is 1.96. The molecule has 1 fully saturated rings. The molecule has 0 saturated heterocycles. The van der Waals surface area contributed by atoms with Crippen LogP contribution in [0.2, 0.25) is 0 Å². The topological polar surface area (TPSA) is 32.3 Å². The number of hydrogen-bond donors (Lipinski definition) is 2. The van der Waals surface area contributed by atoms with E-state index in [4.69, 9.17) is 0 Å². The van der Waals surface area contributed by atoms with Crippen LogP contribution in [-0.2, 0) is 5.60 Å². The molecule has 1 aromatic rings. The summed E-state index contributed by atoms with van der Waals surface area (Å²) in [6, 6.07) is 8.69. The molecule has 18 heavy (non-hydrogen) atoms. The van der Waals surface area contributed by atoms with Gasteiger partial charge in [-0.15, -0.1) is 0 Å². The highest BCUT2D eigenvalue weighted by molar-refractivity contribution is 5.30. The Kier molecular flexibility index (Phi) is 4.41. The maximum Gasteiger partial charge on any atom is 0.0994 e. The normalized spacial score (nSPS) is 20.6. The molecule has 0 aromatic heterocycles. The highest BCUT2D eigenvalue weighted by atomic mass is 16.3. The Labute approximate surface area is 110 Å². The van der Waals surface area contributed by atoms with Crippen molar-refractivity contribution in [3.8, 4) is 0 Å². The summed E-state index contributed by atoms with van der Waals surface area (Å²) in [6.45, 7) is 4.61. The molecule has 1 aliphatic rings. The van der Waals surface area contributed by atoms with Gasteiger partial charge in [-0.3, -0.25) is 0 Å². The van der Waals surface area contributed by atoms with E-state index in [0.717, 1.165) is 11.1 Å². The standard InChI is InChI=1S/C16H25NO/c1-13-8-6-7-11-15(13)16(2,18)12-17-14-9-4-3-5-10-14/h6-8,11,14,17-18H,3-5,9-10,12H2,1-2H3. The first-order valence-electron chi connectivity index (χ1n) is 7.11. The van der Waals surface area contributed by atoms with Gasteiger partial charge in [0.1, 0.15) is 0 Å². The second-order valence-corrected chi connectivity index (χ2v) is 5.80. The Morgan fingerprint density at radius 3 is 2.56 bits per heavy atom. The van der Waals surface area contributed by atoms with Crippen LogP contribution >= 0.6 is 0 Å². The lowest BCUT2D eigenvalue weighted by molar-refractivity contribution is 0.0516. The molecule has 0 bridgehead atoms. The molecule has 0 radical (unpaired) electrons. The third kappa shape index (κ3) is 3.33. The first-order chi connectivity index (χ1) is 8.59. The molecule has 1 aliphatic carbocycles. The molecule has 0 spiro atoms. The quantitative estimate of drug-likeness (QED) is 0.857. The van der Waals surface area contributed by atoms with Gasteiger partial charge in [0, 0.05) is 12.6 Å². The van der Waals surface area contributed by atoms with Gasteiger partial charge in [0.2, 0.25) is 0 Å². The van der Waals surface area contributed by atoms with E-state index in [0.29, 0.717) is 12.6 Å². The highest BCUT2D eigenvalue weighted by Crippen LogP contribution is 2.24. The lowest BCUT2D eigenvalue weighted by atomic mass is 9.90. The van der Waals surface area contributed by atoms with Gasteiger partial charge in [-0.25, -0.2) is 0 Å². The molecule has 1 unspecified atom stereocenters. The first-order valence-corrected chi connectivity index (χ1v) is 7.11. The Morgan fingerprint density at radius 2 is 1.89 bits per heavy atom. The van der Waals surface area contributed by atoms with Gasteiger partial charge in [-0.05, 0) is 37.8 Å². The van der Waals surface area contributed by atoms with Crippen molar-refractivity contribution in [3.63, 3.8) is 0 Å². The van der Waals surface area contributed by atoms with Crippen LogP contribution < -0.4 is 5.32 Å². The average molecular weight is 247 g/mol. The van der Waals surface area contributed by atoms with Gasteiger partial charge < -0.3 is 10.4 Å². The molecular formula is C16H25NO. The van der Waals surface area contributed by atoms with Crippen LogP contribution in [0.1, 0.15) is 50.2 Å². The van der Waals surface area contributed by atoms with Gasteiger partial charge >= 0.3 is 0 Å².